The van der Waals surface area contributed by atoms with E-state index in [0.29, 0.717) is 171 Å². The van der Waals surface area contributed by atoms with Crippen molar-refractivity contribution in [3.8, 4) is 34.1 Å². The zero-order chi connectivity index (χ0) is 74.4. The first-order valence-electron chi connectivity index (χ1n) is 33.8. The molecule has 0 spiro atoms. The lowest BCUT2D eigenvalue weighted by atomic mass is 10.1. The second kappa shape index (κ2) is 44.5. The van der Waals surface area contributed by atoms with Gasteiger partial charge in [-0.1, -0.05) is 54.4 Å². The van der Waals surface area contributed by atoms with Crippen LogP contribution in [0.4, 0.5) is 31.8 Å². The smallest absolute Gasteiger partial charge is 0.332 e. The number of carboxylic acid groups (broad SMARTS) is 1. The van der Waals surface area contributed by atoms with Crippen molar-refractivity contribution in [1.82, 2.24) is 19.9 Å². The largest absolute Gasteiger partial charge is 0.487 e. The van der Waals surface area contributed by atoms with E-state index in [1.54, 1.807) is 54.6 Å². The molecule has 0 amide bonds. The Morgan fingerprint density at radius 1 is 0.476 bits per heavy atom. The Bertz CT molecular complexity index is 4280. The highest BCUT2D eigenvalue weighted by atomic mass is 35.5. The molecule has 4 aromatic heterocycles. The maximum absolute atomic E-state index is 13.5. The number of aliphatic hydroxyl groups is 1. The topological polar surface area (TPSA) is 287 Å². The lowest BCUT2D eigenvalue weighted by Gasteiger charge is -2.19. The zero-order valence-electron chi connectivity index (χ0n) is 58.8. The van der Waals surface area contributed by atoms with Crippen LogP contribution in [-0.2, 0) is 83.4 Å². The number of nitrogens with zero attached hydrogens (tertiary/aromatic N) is 4. The Morgan fingerprint density at radius 2 is 0.905 bits per heavy atom. The fraction of sp³-hybridized carbons (Fsp3) is 0.351. The van der Waals surface area contributed by atoms with Crippen LogP contribution in [0.1, 0.15) is 56.8 Å². The summed E-state index contributed by atoms with van der Waals surface area (Å²) in [5, 5.41) is 26.7. The van der Waals surface area contributed by atoms with Crippen LogP contribution in [0, 0.1) is 11.6 Å². The average Bonchev–Trinajstić information content (AvgIpc) is 1.73. The zero-order valence-corrected chi connectivity index (χ0v) is 60.3. The fourth-order valence-corrected chi connectivity index (χ4v) is 10.00. The van der Waals surface area contributed by atoms with Gasteiger partial charge in [0.25, 0.3) is 0 Å². The van der Waals surface area contributed by atoms with Crippen molar-refractivity contribution >= 4 is 80.0 Å². The number of fused-ring (bicyclic) bond motifs is 2. The summed E-state index contributed by atoms with van der Waals surface area (Å²) >= 11 is 12.9. The first-order valence-corrected chi connectivity index (χ1v) is 34.5. The van der Waals surface area contributed by atoms with Gasteiger partial charge in [0, 0.05) is 39.9 Å². The number of ether oxygens (including phenoxy) is 12. The van der Waals surface area contributed by atoms with Crippen molar-refractivity contribution < 1.29 is 94.3 Å². The summed E-state index contributed by atoms with van der Waals surface area (Å²) < 4.78 is 103. The first-order chi connectivity index (χ1) is 51.0. The number of carbonyl (C=O) groups excluding carboxylic acids is 1. The molecule has 10 aromatic rings. The maximum atomic E-state index is 13.5. The fourth-order valence-electron chi connectivity index (χ4n) is 9.53. The molecule has 10 rings (SSSR count). The van der Waals surface area contributed by atoms with Gasteiger partial charge in [-0.3, -0.25) is 0 Å². The molecule has 0 atom stereocenters. The van der Waals surface area contributed by atoms with Crippen LogP contribution in [0.2, 0.25) is 10.0 Å². The number of aliphatic carboxylic acids is 1. The molecule has 0 unspecified atom stereocenters. The molecule has 0 radical (unpaired) electrons. The minimum atomic E-state index is -1.01. The number of furan rings is 2. The Labute approximate surface area is 617 Å². The van der Waals surface area contributed by atoms with Gasteiger partial charge in [-0.25, -0.2) is 38.3 Å². The van der Waals surface area contributed by atoms with E-state index in [1.165, 1.54) is 36.9 Å². The monoisotopic (exact) mass is 1490 g/mol. The van der Waals surface area contributed by atoms with Crippen molar-refractivity contribution in [3.05, 3.63) is 203 Å². The number of anilines is 4. The molecule has 105 heavy (non-hydrogen) atoms. The minimum Gasteiger partial charge on any atom is -0.487 e. The maximum Gasteiger partial charge on any atom is 0.332 e. The second-order valence-corrected chi connectivity index (χ2v) is 24.6. The summed E-state index contributed by atoms with van der Waals surface area (Å²) in [6.07, 6.45) is 4.00. The molecule has 28 heteroatoms. The summed E-state index contributed by atoms with van der Waals surface area (Å²) in [6.45, 7) is 14.4. The van der Waals surface area contributed by atoms with E-state index in [-0.39, 0.29) is 57.2 Å². The van der Waals surface area contributed by atoms with Gasteiger partial charge < -0.3 is 86.5 Å². The minimum absolute atomic E-state index is 0.0497. The number of halogens is 4. The van der Waals surface area contributed by atoms with Crippen LogP contribution in [0.5, 0.6) is 11.5 Å². The van der Waals surface area contributed by atoms with Gasteiger partial charge in [-0.05, 0) is 160 Å². The molecule has 4 N–H and O–H groups in total. The third kappa shape index (κ3) is 29.7. The number of hydrogen-bond donors (Lipinski definition) is 4. The third-order valence-corrected chi connectivity index (χ3v) is 14.9. The molecule has 24 nitrogen and oxygen atoms in total. The third-order valence-electron chi connectivity index (χ3n) is 14.3. The molecule has 6 aromatic carbocycles. The molecular formula is C77H86Cl2F2N6O18. The average molecular weight is 1490 g/mol. The lowest BCUT2D eigenvalue weighted by molar-refractivity contribution is -0.160. The van der Waals surface area contributed by atoms with Crippen LogP contribution in [-0.4, -0.2) is 160 Å². The second-order valence-electron chi connectivity index (χ2n) is 23.8. The summed E-state index contributed by atoms with van der Waals surface area (Å²) in [5.74, 6) is 2.64. The van der Waals surface area contributed by atoms with Gasteiger partial charge in [0.05, 0.1) is 114 Å². The van der Waals surface area contributed by atoms with Gasteiger partial charge in [0.2, 0.25) is 0 Å². The predicted molar refractivity (Wildman–Crippen MR) is 391 cm³/mol. The molecule has 0 bridgehead atoms. The van der Waals surface area contributed by atoms with Crippen LogP contribution in [0.25, 0.3) is 44.5 Å². The van der Waals surface area contributed by atoms with Crippen molar-refractivity contribution in [2.45, 2.75) is 66.1 Å². The summed E-state index contributed by atoms with van der Waals surface area (Å²) in [5.41, 5.74) is 5.56. The molecule has 0 aliphatic carbocycles. The van der Waals surface area contributed by atoms with Crippen LogP contribution >= 0.6 is 23.2 Å². The normalized spacial score (nSPS) is 11.2. The van der Waals surface area contributed by atoms with Crippen molar-refractivity contribution in [3.63, 3.8) is 0 Å². The molecule has 560 valence electrons. The van der Waals surface area contributed by atoms with Gasteiger partial charge in [-0.15, -0.1) is 0 Å². The van der Waals surface area contributed by atoms with Crippen molar-refractivity contribution in [2.75, 3.05) is 123 Å². The van der Waals surface area contributed by atoms with E-state index in [9.17, 15) is 23.5 Å². The van der Waals surface area contributed by atoms with Gasteiger partial charge >= 0.3 is 11.9 Å². The van der Waals surface area contributed by atoms with Crippen molar-refractivity contribution in [2.24, 2.45) is 0 Å². The van der Waals surface area contributed by atoms with Crippen LogP contribution < -0.4 is 20.1 Å². The number of rotatable bonds is 42. The summed E-state index contributed by atoms with van der Waals surface area (Å²) in [7, 11) is 0. The highest BCUT2D eigenvalue weighted by Crippen LogP contribution is 2.35. The first kappa shape index (κ1) is 81.4. The predicted octanol–water partition coefficient (Wildman–Crippen LogP) is 15.0. The number of esters is 1. The van der Waals surface area contributed by atoms with Gasteiger partial charge in [-0.2, -0.15) is 0 Å². The number of carbonyl (C=O) groups is 2. The van der Waals surface area contributed by atoms with E-state index >= 15 is 0 Å². The lowest BCUT2D eigenvalue weighted by Crippen LogP contribution is -2.27. The summed E-state index contributed by atoms with van der Waals surface area (Å²) in [6, 6.07) is 41.9. The highest BCUT2D eigenvalue weighted by molar-refractivity contribution is 6.32. The quantitative estimate of drug-likeness (QED) is 0.0204. The molecule has 4 heterocycles. The van der Waals surface area contributed by atoms with Gasteiger partial charge in [0.15, 0.2) is 0 Å². The standard InChI is InChI=1S/C36H37ClFN3O9.C26H19ClFN3O3.C15H30O6/c37-31-20-28(5-8-34(31)49-21-25-2-1-3-27(38)18-25)41-36-30-19-26(4-7-32(30)39-24-40-36)33-9-6-29(50-33)22-47-16-14-45-12-10-44-11-13-46-15-17-48-23-35(42)43;27-22-12-19(5-8-25(22)33-14-16-2-1-3-18(28)10-16)31-26-21-11-17(4-7-23(21)29-15-30-26)24-9-6-20(13-32)34-24;1-5-6-17-7-8-18-9-10-19-11-12-20-13-14(16)21-15(2,3)4/h1-9,18-20,24H,10-17,21-23H2,(H,42,43)(H,39,40,41);1-12,15,32H,13-14H2,(H,29,30,31);5-13H2,1-4H3. The van der Waals surface area contributed by atoms with E-state index in [1.807, 2.05) is 87.5 Å². The molecule has 0 aliphatic rings. The number of hydrogen-bond acceptors (Lipinski definition) is 23. The molecule has 0 saturated heterocycles. The highest BCUT2D eigenvalue weighted by Gasteiger charge is 2.18. The molecular weight excluding hydrogens is 1410 g/mol. The number of carboxylic acids is 1. The number of aliphatic hydroxyl groups excluding tert-OH is 1. The Kier molecular flexibility index (Phi) is 34.5. The Morgan fingerprint density at radius 3 is 1.32 bits per heavy atom. The van der Waals surface area contributed by atoms with E-state index in [2.05, 4.69) is 37.5 Å². The molecule has 0 aliphatic heterocycles. The van der Waals surface area contributed by atoms with Crippen molar-refractivity contribution in [1.29, 1.82) is 0 Å². The SMILES string of the molecule is CCCOCCOCCOCCOCC(=O)OC(C)(C)C.O=C(O)COCCOCCOCCOCCOCc1ccc(-c2ccc3ncnc(Nc4ccc(OCc5cccc(F)c5)c(Cl)c4)c3c2)o1.OCc1ccc(-c2ccc3ncnc(Nc4ccc(OCc5cccc(F)c5)c(Cl)c4)c3c2)o1. The molecule has 0 saturated carbocycles. The summed E-state index contributed by atoms with van der Waals surface area (Å²) in [4.78, 5) is 39.3. The Balaban J connectivity index is 0.000000218. The number of nitrogens with one attached hydrogen (secondary N) is 2. The van der Waals surface area contributed by atoms with E-state index in [4.69, 9.17) is 94.0 Å². The molecule has 0 fully saturated rings. The number of aromatic nitrogens is 4. The van der Waals surface area contributed by atoms with Gasteiger partial charge in [0.1, 0.15) is 116 Å². The van der Waals surface area contributed by atoms with E-state index < -0.39 is 11.6 Å². The van der Waals surface area contributed by atoms with Crippen LogP contribution in [0.15, 0.2) is 167 Å². The van der Waals surface area contributed by atoms with E-state index in [0.717, 1.165) is 46.0 Å². The Hall–Kier alpha value is -9.26. The van der Waals surface area contributed by atoms with Crippen LogP contribution in [0.3, 0.4) is 0 Å². The number of benzene rings is 6.